The van der Waals surface area contributed by atoms with Crippen LogP contribution < -0.4 is 21.9 Å². The van der Waals surface area contributed by atoms with E-state index in [9.17, 15) is 0 Å². The molecular formula is C25H25ClN2. The summed E-state index contributed by atoms with van der Waals surface area (Å²) in [6.45, 7) is 2.15. The van der Waals surface area contributed by atoms with Gasteiger partial charge in [0.15, 0.2) is 0 Å². The first-order valence-electron chi connectivity index (χ1n) is 9.31. The Hall–Kier alpha value is -2.84. The molecule has 28 heavy (non-hydrogen) atoms. The minimum Gasteiger partial charge on any atom is -1.00 e. The van der Waals surface area contributed by atoms with Gasteiger partial charge in [-0.15, -0.1) is 0 Å². The Kier molecular flexibility index (Phi) is 5.71. The van der Waals surface area contributed by atoms with E-state index >= 15 is 0 Å². The fourth-order valence-electron chi connectivity index (χ4n) is 3.66. The summed E-state index contributed by atoms with van der Waals surface area (Å²) in [6, 6.07) is 24.0. The molecule has 0 aliphatic heterocycles. The van der Waals surface area contributed by atoms with Crippen molar-refractivity contribution in [3.63, 3.8) is 0 Å². The third-order valence-corrected chi connectivity index (χ3v) is 5.21. The van der Waals surface area contributed by atoms with Crippen LogP contribution in [0.2, 0.25) is 0 Å². The average Bonchev–Trinajstić information content (AvgIpc) is 2.68. The maximum absolute atomic E-state index is 2.30. The second-order valence-electron chi connectivity index (χ2n) is 7.33. The molecule has 0 saturated heterocycles. The molecule has 1 heterocycles. The lowest BCUT2D eigenvalue weighted by molar-refractivity contribution is -0.645. The number of fused-ring (bicyclic) bond motifs is 3. The summed E-state index contributed by atoms with van der Waals surface area (Å²) in [7, 11) is 6.28. The molecule has 142 valence electrons. The molecule has 0 radical (unpaired) electrons. The molecule has 0 aliphatic carbocycles. The highest BCUT2D eigenvalue weighted by molar-refractivity contribution is 6.07. The van der Waals surface area contributed by atoms with Crippen LogP contribution in [-0.4, -0.2) is 14.1 Å². The average molecular weight is 389 g/mol. The Morgan fingerprint density at radius 3 is 2.14 bits per heavy atom. The van der Waals surface area contributed by atoms with Gasteiger partial charge in [0, 0.05) is 37.3 Å². The van der Waals surface area contributed by atoms with E-state index in [1.54, 1.807) is 0 Å². The van der Waals surface area contributed by atoms with E-state index in [1.165, 1.54) is 44.2 Å². The molecule has 0 unspecified atom stereocenters. The molecule has 1 aromatic heterocycles. The van der Waals surface area contributed by atoms with Gasteiger partial charge in [-0.05, 0) is 48.4 Å². The van der Waals surface area contributed by atoms with Crippen molar-refractivity contribution in [3.8, 4) is 0 Å². The number of anilines is 1. The van der Waals surface area contributed by atoms with Gasteiger partial charge in [0.05, 0.1) is 10.8 Å². The third kappa shape index (κ3) is 3.61. The lowest BCUT2D eigenvalue weighted by Gasteiger charge is -2.11. The van der Waals surface area contributed by atoms with E-state index in [2.05, 4.69) is 116 Å². The van der Waals surface area contributed by atoms with Crippen LogP contribution >= 0.6 is 0 Å². The van der Waals surface area contributed by atoms with Gasteiger partial charge in [-0.25, -0.2) is 0 Å². The second kappa shape index (κ2) is 8.04. The van der Waals surface area contributed by atoms with Crippen LogP contribution in [0.3, 0.4) is 0 Å². The first-order chi connectivity index (χ1) is 13.0. The number of nitrogens with zero attached hydrogens (tertiary/aromatic N) is 2. The number of pyridine rings is 1. The van der Waals surface area contributed by atoms with E-state index in [0.29, 0.717) is 0 Å². The van der Waals surface area contributed by atoms with Crippen molar-refractivity contribution in [1.82, 2.24) is 0 Å². The van der Waals surface area contributed by atoms with Gasteiger partial charge in [0.1, 0.15) is 7.05 Å². The van der Waals surface area contributed by atoms with Crippen molar-refractivity contribution in [1.29, 1.82) is 0 Å². The van der Waals surface area contributed by atoms with Gasteiger partial charge in [-0.2, -0.15) is 4.57 Å². The lowest BCUT2D eigenvalue weighted by Crippen LogP contribution is -3.00. The normalized spacial score (nSPS) is 11.1. The van der Waals surface area contributed by atoms with Crippen molar-refractivity contribution in [2.24, 2.45) is 7.05 Å². The number of hydrogen-bond acceptors (Lipinski definition) is 1. The Morgan fingerprint density at radius 2 is 1.46 bits per heavy atom. The molecule has 0 N–H and O–H groups in total. The fourth-order valence-corrected chi connectivity index (χ4v) is 3.66. The summed E-state index contributed by atoms with van der Waals surface area (Å²) in [4.78, 5) is 2.12. The zero-order valence-corrected chi connectivity index (χ0v) is 17.5. The SMILES string of the molecule is Cc1ccc2c3ccccc3c(/C=C/c3ccc(N(C)C)cc3)[n+](C)c2c1.[Cl-]. The quantitative estimate of drug-likeness (QED) is 0.386. The molecule has 2 nitrogen and oxygen atoms in total. The van der Waals surface area contributed by atoms with E-state index in [-0.39, 0.29) is 12.4 Å². The van der Waals surface area contributed by atoms with Crippen LogP contribution in [-0.2, 0) is 7.05 Å². The molecular weight excluding hydrogens is 364 g/mol. The van der Waals surface area contributed by atoms with Crippen LogP contribution in [0, 0.1) is 6.92 Å². The largest absolute Gasteiger partial charge is 1.00 e. The first kappa shape index (κ1) is 19.9. The molecule has 0 spiro atoms. The van der Waals surface area contributed by atoms with Crippen LogP contribution in [0.5, 0.6) is 0 Å². The standard InChI is InChI=1S/C25H25N2.ClH/c1-18-9-15-23-21-7-5-6-8-22(21)24(27(4)25(23)17-18)16-12-19-10-13-20(14-11-19)26(2)3;/h5-17H,1-4H3;1H/q+1;/p-1. The molecule has 0 bridgehead atoms. The first-order valence-corrected chi connectivity index (χ1v) is 9.31. The molecule has 0 aliphatic rings. The smallest absolute Gasteiger partial charge is 0.213 e. The monoisotopic (exact) mass is 388 g/mol. The predicted molar refractivity (Wildman–Crippen MR) is 117 cm³/mol. The summed E-state index contributed by atoms with van der Waals surface area (Å²) in [5.74, 6) is 0. The van der Waals surface area contributed by atoms with Crippen LogP contribution in [0.25, 0.3) is 33.8 Å². The third-order valence-electron chi connectivity index (χ3n) is 5.21. The maximum Gasteiger partial charge on any atom is 0.213 e. The van der Waals surface area contributed by atoms with Crippen molar-refractivity contribution in [2.45, 2.75) is 6.92 Å². The zero-order chi connectivity index (χ0) is 19.0. The van der Waals surface area contributed by atoms with Crippen molar-refractivity contribution < 1.29 is 17.0 Å². The number of hydrogen-bond donors (Lipinski definition) is 0. The maximum atomic E-state index is 2.30. The Morgan fingerprint density at radius 1 is 0.786 bits per heavy atom. The van der Waals surface area contributed by atoms with E-state index < -0.39 is 0 Å². The summed E-state index contributed by atoms with van der Waals surface area (Å²) in [6.07, 6.45) is 4.43. The zero-order valence-electron chi connectivity index (χ0n) is 16.8. The van der Waals surface area contributed by atoms with Gasteiger partial charge in [-0.1, -0.05) is 36.4 Å². The molecule has 3 aromatic carbocycles. The summed E-state index contributed by atoms with van der Waals surface area (Å²) in [5, 5.41) is 3.87. The molecule has 3 heteroatoms. The highest BCUT2D eigenvalue weighted by Crippen LogP contribution is 2.27. The minimum absolute atomic E-state index is 0. The molecule has 4 aromatic rings. The van der Waals surface area contributed by atoms with Gasteiger partial charge >= 0.3 is 0 Å². The summed E-state index contributed by atoms with van der Waals surface area (Å²) >= 11 is 0. The Balaban J connectivity index is 0.00000225. The van der Waals surface area contributed by atoms with Crippen molar-refractivity contribution >= 4 is 39.5 Å². The van der Waals surface area contributed by atoms with Gasteiger partial charge in [0.25, 0.3) is 0 Å². The molecule has 0 saturated carbocycles. The topological polar surface area (TPSA) is 7.12 Å². The van der Waals surface area contributed by atoms with E-state index in [0.717, 1.165) is 0 Å². The second-order valence-corrected chi connectivity index (χ2v) is 7.33. The van der Waals surface area contributed by atoms with E-state index in [1.807, 2.05) is 0 Å². The number of aryl methyl sites for hydroxylation is 2. The van der Waals surface area contributed by atoms with E-state index in [4.69, 9.17) is 0 Å². The van der Waals surface area contributed by atoms with Crippen LogP contribution in [0.1, 0.15) is 16.8 Å². The number of rotatable bonds is 3. The Labute approximate surface area is 173 Å². The van der Waals surface area contributed by atoms with Gasteiger partial charge < -0.3 is 17.3 Å². The minimum atomic E-state index is 0. The number of benzene rings is 3. The number of aromatic nitrogens is 1. The summed E-state index contributed by atoms with van der Waals surface area (Å²) < 4.78 is 2.30. The van der Waals surface area contributed by atoms with Crippen molar-refractivity contribution in [2.75, 3.05) is 19.0 Å². The predicted octanol–water partition coefficient (Wildman–Crippen LogP) is 2.37. The molecule has 0 fully saturated rings. The van der Waals surface area contributed by atoms with Crippen LogP contribution in [0.4, 0.5) is 5.69 Å². The molecule has 0 amide bonds. The molecule has 4 rings (SSSR count). The highest BCUT2D eigenvalue weighted by Gasteiger charge is 2.16. The van der Waals surface area contributed by atoms with Gasteiger partial charge in [0.2, 0.25) is 11.2 Å². The van der Waals surface area contributed by atoms with Crippen LogP contribution in [0.15, 0.2) is 66.7 Å². The van der Waals surface area contributed by atoms with Gasteiger partial charge in [-0.3, -0.25) is 0 Å². The Bertz CT molecular complexity index is 1160. The van der Waals surface area contributed by atoms with Crippen molar-refractivity contribution in [3.05, 3.63) is 83.6 Å². The number of halogens is 1. The fraction of sp³-hybridized carbons (Fsp3) is 0.160. The highest BCUT2D eigenvalue weighted by atomic mass is 35.5. The summed E-state index contributed by atoms with van der Waals surface area (Å²) in [5.41, 5.74) is 6.18. The molecule has 0 atom stereocenters. The lowest BCUT2D eigenvalue weighted by atomic mass is 10.0.